The molecule has 1 amide bonds. The molecule has 0 atom stereocenters. The number of hydrogen-bond donors (Lipinski definition) is 5. The Hall–Kier alpha value is -0.620. The third-order valence-corrected chi connectivity index (χ3v) is 0.328. The molecule has 0 saturated heterocycles. The second-order valence-electron chi connectivity index (χ2n) is 1.35. The van der Waals surface area contributed by atoms with Crippen LogP contribution < -0.4 is 5.32 Å². The van der Waals surface area contributed by atoms with Crippen LogP contribution in [0.2, 0.25) is 0 Å². The number of hydrogen-bond acceptors (Lipinski definition) is 2. The maximum absolute atomic E-state index is 9.49. The van der Waals surface area contributed by atoms with Crippen LogP contribution in [0.4, 0.5) is 4.79 Å². The van der Waals surface area contributed by atoms with Crippen LogP contribution in [-0.2, 0) is 4.57 Å². The summed E-state index contributed by atoms with van der Waals surface area (Å²) in [6.07, 6.45) is -0.961. The van der Waals surface area contributed by atoms with Gasteiger partial charge in [-0.15, -0.1) is 0 Å². The van der Waals surface area contributed by atoms with Gasteiger partial charge in [0.2, 0.25) is 0 Å². The number of amides is 1. The van der Waals surface area contributed by atoms with Crippen LogP contribution in [0.3, 0.4) is 0 Å². The monoisotopic (exact) mass is 187 g/mol. The topological polar surface area (TPSA) is 127 Å². The number of rotatable bonds is 1. The van der Waals surface area contributed by atoms with Crippen molar-refractivity contribution in [2.45, 2.75) is 6.92 Å². The first kappa shape index (κ1) is 13.0. The molecule has 68 valence electrons. The average Bonchev–Trinajstić information content (AvgIpc) is 1.58. The van der Waals surface area contributed by atoms with Gasteiger partial charge in [-0.05, 0) is 6.92 Å². The lowest BCUT2D eigenvalue weighted by atomic mass is 10.8. The van der Waals surface area contributed by atoms with Gasteiger partial charge in [0.05, 0.1) is 0 Å². The van der Waals surface area contributed by atoms with Gasteiger partial charge >= 0.3 is 13.9 Å². The van der Waals surface area contributed by atoms with E-state index in [0.717, 1.165) is 0 Å². The highest BCUT2D eigenvalue weighted by atomic mass is 31.2. The Morgan fingerprint density at radius 3 is 1.73 bits per heavy atom. The van der Waals surface area contributed by atoms with E-state index in [1.807, 2.05) is 0 Å². The van der Waals surface area contributed by atoms with Crippen LogP contribution in [-0.4, -0.2) is 32.4 Å². The van der Waals surface area contributed by atoms with E-state index >= 15 is 0 Å². The highest BCUT2D eigenvalue weighted by Crippen LogP contribution is 2.25. The van der Waals surface area contributed by atoms with Gasteiger partial charge in [0.25, 0.3) is 0 Å². The minimum absolute atomic E-state index is 0.481. The molecule has 0 rings (SSSR count). The van der Waals surface area contributed by atoms with E-state index in [9.17, 15) is 4.79 Å². The predicted molar refractivity (Wildman–Crippen MR) is 36.0 cm³/mol. The summed E-state index contributed by atoms with van der Waals surface area (Å²) in [5.41, 5.74) is 0. The maximum atomic E-state index is 9.49. The average molecular weight is 187 g/mol. The van der Waals surface area contributed by atoms with Crippen molar-refractivity contribution in [1.29, 1.82) is 0 Å². The standard InChI is InChI=1S/C3H7NO2.H3O4P/c1-2-4-3(5)6;1-5(2,3)4/h4H,2H2,1H3,(H,5,6);(H3,1,2,3,4). The fraction of sp³-hybridized carbons (Fsp3) is 0.667. The molecule has 0 aliphatic heterocycles. The van der Waals surface area contributed by atoms with Crippen molar-refractivity contribution in [2.24, 2.45) is 0 Å². The van der Waals surface area contributed by atoms with Gasteiger partial charge in [0.15, 0.2) is 0 Å². The molecular formula is C3H10NO6P. The Balaban J connectivity index is 0. The lowest BCUT2D eigenvalue weighted by molar-refractivity contribution is 0.195. The fourth-order valence-corrected chi connectivity index (χ4v) is 0.151. The van der Waals surface area contributed by atoms with E-state index in [1.165, 1.54) is 0 Å². The van der Waals surface area contributed by atoms with E-state index in [0.29, 0.717) is 6.54 Å². The second kappa shape index (κ2) is 6.11. The SMILES string of the molecule is CCNC(=O)O.O=P(O)(O)O. The summed E-state index contributed by atoms with van der Waals surface area (Å²) in [5, 5.41) is 9.93. The molecule has 0 aliphatic carbocycles. The minimum atomic E-state index is -4.64. The summed E-state index contributed by atoms with van der Waals surface area (Å²) in [5.74, 6) is 0. The van der Waals surface area contributed by atoms with Gasteiger partial charge in [-0.2, -0.15) is 0 Å². The van der Waals surface area contributed by atoms with Crippen LogP contribution in [0.1, 0.15) is 6.92 Å². The molecule has 0 fully saturated rings. The van der Waals surface area contributed by atoms with Gasteiger partial charge in [-0.3, -0.25) is 0 Å². The zero-order chi connectivity index (χ0) is 9.49. The quantitative estimate of drug-likeness (QED) is 0.347. The molecule has 0 radical (unpaired) electrons. The molecule has 0 unspecified atom stereocenters. The molecular weight excluding hydrogens is 177 g/mol. The third-order valence-electron chi connectivity index (χ3n) is 0.328. The van der Waals surface area contributed by atoms with E-state index < -0.39 is 13.9 Å². The van der Waals surface area contributed by atoms with Crippen LogP contribution in [0, 0.1) is 0 Å². The number of phosphoric acid groups is 1. The van der Waals surface area contributed by atoms with Crippen LogP contribution in [0.15, 0.2) is 0 Å². The fourth-order valence-electron chi connectivity index (χ4n) is 0.151. The Kier molecular flexibility index (Phi) is 7.23. The molecule has 8 heteroatoms. The lowest BCUT2D eigenvalue weighted by Crippen LogP contribution is -2.19. The van der Waals surface area contributed by atoms with Crippen LogP contribution in [0.5, 0.6) is 0 Å². The first-order chi connectivity index (χ1) is 4.77. The van der Waals surface area contributed by atoms with E-state index in [1.54, 1.807) is 6.92 Å². The van der Waals surface area contributed by atoms with E-state index in [2.05, 4.69) is 5.32 Å². The summed E-state index contributed by atoms with van der Waals surface area (Å²) < 4.78 is 8.88. The van der Waals surface area contributed by atoms with Crippen LogP contribution in [0.25, 0.3) is 0 Å². The lowest BCUT2D eigenvalue weighted by Gasteiger charge is -1.87. The van der Waals surface area contributed by atoms with Crippen molar-refractivity contribution in [2.75, 3.05) is 6.54 Å². The highest BCUT2D eigenvalue weighted by molar-refractivity contribution is 7.45. The minimum Gasteiger partial charge on any atom is -0.465 e. The van der Waals surface area contributed by atoms with E-state index in [-0.39, 0.29) is 0 Å². The van der Waals surface area contributed by atoms with Gasteiger partial charge in [0, 0.05) is 6.54 Å². The Morgan fingerprint density at radius 1 is 1.45 bits per heavy atom. The van der Waals surface area contributed by atoms with Crippen LogP contribution >= 0.6 is 7.82 Å². The molecule has 0 spiro atoms. The van der Waals surface area contributed by atoms with Gasteiger partial charge in [-0.1, -0.05) is 0 Å². The van der Waals surface area contributed by atoms with Crippen molar-refractivity contribution in [3.05, 3.63) is 0 Å². The zero-order valence-electron chi connectivity index (χ0n) is 5.76. The van der Waals surface area contributed by atoms with Crippen molar-refractivity contribution < 1.29 is 29.1 Å². The molecule has 0 aromatic rings. The molecule has 0 heterocycles. The van der Waals surface area contributed by atoms with Gasteiger partial charge < -0.3 is 25.1 Å². The predicted octanol–water partition coefficient (Wildman–Crippen LogP) is -0.655. The molecule has 0 aromatic heterocycles. The maximum Gasteiger partial charge on any atom is 0.466 e. The first-order valence-electron chi connectivity index (χ1n) is 2.52. The number of carbonyl (C=O) groups is 1. The second-order valence-corrected chi connectivity index (χ2v) is 2.38. The molecule has 0 aromatic carbocycles. The molecule has 0 bridgehead atoms. The summed E-state index contributed by atoms with van der Waals surface area (Å²) in [4.78, 5) is 31.1. The summed E-state index contributed by atoms with van der Waals surface area (Å²) in [6.45, 7) is 2.21. The highest BCUT2D eigenvalue weighted by Gasteiger charge is 2.00. The largest absolute Gasteiger partial charge is 0.466 e. The summed E-state index contributed by atoms with van der Waals surface area (Å²) in [6, 6.07) is 0. The number of carboxylic acid groups (broad SMARTS) is 1. The summed E-state index contributed by atoms with van der Waals surface area (Å²) in [7, 11) is -4.64. The molecule has 0 aliphatic rings. The van der Waals surface area contributed by atoms with Crippen molar-refractivity contribution in [3.63, 3.8) is 0 Å². The van der Waals surface area contributed by atoms with Gasteiger partial charge in [-0.25, -0.2) is 9.36 Å². The Labute approximate surface area is 62.9 Å². The van der Waals surface area contributed by atoms with Gasteiger partial charge in [0.1, 0.15) is 0 Å². The zero-order valence-corrected chi connectivity index (χ0v) is 6.65. The Bertz CT molecular complexity index is 144. The van der Waals surface area contributed by atoms with Crippen molar-refractivity contribution in [3.8, 4) is 0 Å². The smallest absolute Gasteiger partial charge is 0.465 e. The molecule has 0 saturated carbocycles. The third kappa shape index (κ3) is 90.2. The van der Waals surface area contributed by atoms with Crippen molar-refractivity contribution >= 4 is 13.9 Å². The van der Waals surface area contributed by atoms with E-state index in [4.69, 9.17) is 24.4 Å². The normalized spacial score (nSPS) is 9.45. The molecule has 5 N–H and O–H groups in total. The van der Waals surface area contributed by atoms with Crippen molar-refractivity contribution in [1.82, 2.24) is 5.32 Å². The molecule has 7 nitrogen and oxygen atoms in total. The molecule has 11 heavy (non-hydrogen) atoms. The number of nitrogens with one attached hydrogen (secondary N) is 1. The Morgan fingerprint density at radius 2 is 1.73 bits per heavy atom. The first-order valence-corrected chi connectivity index (χ1v) is 4.09. The summed E-state index contributed by atoms with van der Waals surface area (Å²) >= 11 is 0.